The number of rotatable bonds is 4. The lowest BCUT2D eigenvalue weighted by atomic mass is 10.1. The Hall–Kier alpha value is -2.00. The number of aromatic carboxylic acids is 1. The highest BCUT2D eigenvalue weighted by Gasteiger charge is 2.05. The first kappa shape index (κ1) is 13.4. The zero-order valence-electron chi connectivity index (χ0n) is 10.5. The highest BCUT2D eigenvalue weighted by molar-refractivity contribution is 6.30. The van der Waals surface area contributed by atoms with Gasteiger partial charge in [0.05, 0.1) is 5.56 Å². The minimum absolute atomic E-state index is 0.295. The van der Waals surface area contributed by atoms with Gasteiger partial charge >= 0.3 is 5.97 Å². The Kier molecular flexibility index (Phi) is 4.07. The van der Waals surface area contributed by atoms with E-state index in [2.05, 4.69) is 4.90 Å². The predicted molar refractivity (Wildman–Crippen MR) is 77.0 cm³/mol. The first-order valence-electron chi connectivity index (χ1n) is 5.85. The quantitative estimate of drug-likeness (QED) is 0.925. The van der Waals surface area contributed by atoms with Crippen molar-refractivity contribution in [1.82, 2.24) is 0 Å². The highest BCUT2D eigenvalue weighted by Crippen LogP contribution is 2.17. The van der Waals surface area contributed by atoms with E-state index in [1.807, 2.05) is 31.3 Å². The lowest BCUT2D eigenvalue weighted by molar-refractivity contribution is 0.0697. The van der Waals surface area contributed by atoms with E-state index in [1.54, 1.807) is 24.3 Å². The Balaban J connectivity index is 2.09. The van der Waals surface area contributed by atoms with Gasteiger partial charge in [0.1, 0.15) is 0 Å². The Labute approximate surface area is 117 Å². The molecule has 2 aromatic rings. The van der Waals surface area contributed by atoms with Gasteiger partial charge in [-0.1, -0.05) is 23.7 Å². The minimum atomic E-state index is -0.910. The third kappa shape index (κ3) is 3.48. The van der Waals surface area contributed by atoms with E-state index >= 15 is 0 Å². The molecule has 98 valence electrons. The molecule has 19 heavy (non-hydrogen) atoms. The largest absolute Gasteiger partial charge is 0.478 e. The van der Waals surface area contributed by atoms with Gasteiger partial charge in [0, 0.05) is 24.3 Å². The average molecular weight is 276 g/mol. The second-order valence-electron chi connectivity index (χ2n) is 4.33. The Morgan fingerprint density at radius 2 is 1.68 bits per heavy atom. The van der Waals surface area contributed by atoms with Gasteiger partial charge in [0.25, 0.3) is 0 Å². The van der Waals surface area contributed by atoms with Crippen LogP contribution in [0.2, 0.25) is 5.02 Å². The summed E-state index contributed by atoms with van der Waals surface area (Å²) < 4.78 is 0. The zero-order chi connectivity index (χ0) is 13.8. The van der Waals surface area contributed by atoms with Crippen molar-refractivity contribution in [3.8, 4) is 0 Å². The van der Waals surface area contributed by atoms with E-state index in [4.69, 9.17) is 16.7 Å². The number of nitrogens with zero attached hydrogens (tertiary/aromatic N) is 1. The topological polar surface area (TPSA) is 40.5 Å². The molecule has 0 fully saturated rings. The molecule has 0 radical (unpaired) electrons. The molecule has 1 N–H and O–H groups in total. The maximum absolute atomic E-state index is 10.8. The fourth-order valence-corrected chi connectivity index (χ4v) is 1.94. The smallest absolute Gasteiger partial charge is 0.335 e. The second-order valence-corrected chi connectivity index (χ2v) is 4.77. The number of hydrogen-bond acceptors (Lipinski definition) is 2. The summed E-state index contributed by atoms with van der Waals surface area (Å²) in [6.07, 6.45) is 0. The summed E-state index contributed by atoms with van der Waals surface area (Å²) in [7, 11) is 1.96. The van der Waals surface area contributed by atoms with Gasteiger partial charge in [-0.2, -0.15) is 0 Å². The van der Waals surface area contributed by atoms with Gasteiger partial charge in [-0.25, -0.2) is 4.79 Å². The fraction of sp³-hybridized carbons (Fsp3) is 0.133. The fourth-order valence-electron chi connectivity index (χ4n) is 1.81. The van der Waals surface area contributed by atoms with Crippen molar-refractivity contribution >= 4 is 23.3 Å². The third-order valence-corrected chi connectivity index (χ3v) is 3.14. The normalized spacial score (nSPS) is 10.2. The predicted octanol–water partition coefficient (Wildman–Crippen LogP) is 3.67. The first-order chi connectivity index (χ1) is 9.06. The van der Waals surface area contributed by atoms with Gasteiger partial charge in [0.15, 0.2) is 0 Å². The molecular weight excluding hydrogens is 262 g/mol. The van der Waals surface area contributed by atoms with Gasteiger partial charge in [-0.3, -0.25) is 0 Å². The monoisotopic (exact) mass is 275 g/mol. The van der Waals surface area contributed by atoms with Crippen LogP contribution < -0.4 is 4.90 Å². The summed E-state index contributed by atoms with van der Waals surface area (Å²) in [5.74, 6) is -0.910. The second kappa shape index (κ2) is 5.76. The van der Waals surface area contributed by atoms with E-state index in [-0.39, 0.29) is 0 Å². The molecule has 0 aromatic heterocycles. The van der Waals surface area contributed by atoms with E-state index < -0.39 is 5.97 Å². The van der Waals surface area contributed by atoms with Crippen molar-refractivity contribution < 1.29 is 9.90 Å². The van der Waals surface area contributed by atoms with E-state index in [1.165, 1.54) is 0 Å². The van der Waals surface area contributed by atoms with Gasteiger partial charge < -0.3 is 10.0 Å². The number of anilines is 1. The van der Waals surface area contributed by atoms with Crippen LogP contribution in [-0.4, -0.2) is 18.1 Å². The van der Waals surface area contributed by atoms with Crippen molar-refractivity contribution in [3.05, 3.63) is 64.7 Å². The van der Waals surface area contributed by atoms with Gasteiger partial charge in [-0.05, 0) is 42.0 Å². The molecule has 0 unspecified atom stereocenters. The lowest BCUT2D eigenvalue weighted by Gasteiger charge is -2.19. The zero-order valence-corrected chi connectivity index (χ0v) is 11.3. The van der Waals surface area contributed by atoms with Crippen LogP contribution in [0.5, 0.6) is 0 Å². The van der Waals surface area contributed by atoms with Crippen LogP contribution in [0, 0.1) is 0 Å². The van der Waals surface area contributed by atoms with Crippen LogP contribution in [0.1, 0.15) is 15.9 Å². The van der Waals surface area contributed by atoms with Gasteiger partial charge in [-0.15, -0.1) is 0 Å². The summed E-state index contributed by atoms with van der Waals surface area (Å²) in [6, 6.07) is 14.5. The van der Waals surface area contributed by atoms with Crippen molar-refractivity contribution in [3.63, 3.8) is 0 Å². The minimum Gasteiger partial charge on any atom is -0.478 e. The number of benzene rings is 2. The summed E-state index contributed by atoms with van der Waals surface area (Å²) in [5.41, 5.74) is 2.41. The molecule has 0 bridgehead atoms. The molecule has 0 atom stereocenters. The number of carboxylic acids is 1. The maximum Gasteiger partial charge on any atom is 0.335 e. The first-order valence-corrected chi connectivity index (χ1v) is 6.23. The number of carbonyl (C=O) groups is 1. The molecule has 2 aromatic carbocycles. The molecule has 0 saturated carbocycles. The Morgan fingerprint density at radius 3 is 2.21 bits per heavy atom. The molecule has 2 rings (SSSR count). The standard InChI is InChI=1S/C15H14ClNO2/c1-17(10-11-2-6-13(16)7-3-11)14-8-4-12(5-9-14)15(18)19/h2-9H,10H2,1H3,(H,18,19). The number of hydrogen-bond donors (Lipinski definition) is 1. The molecule has 0 heterocycles. The van der Waals surface area contributed by atoms with Crippen molar-refractivity contribution in [1.29, 1.82) is 0 Å². The molecular formula is C15H14ClNO2. The molecule has 0 spiro atoms. The highest BCUT2D eigenvalue weighted by atomic mass is 35.5. The Morgan fingerprint density at radius 1 is 1.11 bits per heavy atom. The van der Waals surface area contributed by atoms with E-state index in [0.717, 1.165) is 22.8 Å². The molecule has 0 amide bonds. The number of carboxylic acid groups (broad SMARTS) is 1. The number of halogens is 1. The van der Waals surface area contributed by atoms with Crippen LogP contribution in [0.4, 0.5) is 5.69 Å². The lowest BCUT2D eigenvalue weighted by Crippen LogP contribution is -2.16. The van der Waals surface area contributed by atoms with Crippen LogP contribution in [0.15, 0.2) is 48.5 Å². The summed E-state index contributed by atoms with van der Waals surface area (Å²) in [6.45, 7) is 0.740. The van der Waals surface area contributed by atoms with Gasteiger partial charge in [0.2, 0.25) is 0 Å². The average Bonchev–Trinajstić information content (AvgIpc) is 2.41. The van der Waals surface area contributed by atoms with Crippen LogP contribution in [-0.2, 0) is 6.54 Å². The van der Waals surface area contributed by atoms with Crippen LogP contribution >= 0.6 is 11.6 Å². The molecule has 0 aliphatic heterocycles. The molecule has 4 heteroatoms. The van der Waals surface area contributed by atoms with E-state index in [0.29, 0.717) is 5.56 Å². The Bertz CT molecular complexity index is 564. The summed E-state index contributed by atoms with van der Waals surface area (Å²) >= 11 is 5.84. The molecule has 0 saturated heterocycles. The van der Waals surface area contributed by atoms with Crippen molar-refractivity contribution in [2.24, 2.45) is 0 Å². The summed E-state index contributed by atoms with van der Waals surface area (Å²) in [4.78, 5) is 12.8. The van der Waals surface area contributed by atoms with Crippen molar-refractivity contribution in [2.45, 2.75) is 6.54 Å². The molecule has 3 nitrogen and oxygen atoms in total. The SMILES string of the molecule is CN(Cc1ccc(Cl)cc1)c1ccc(C(=O)O)cc1. The van der Waals surface area contributed by atoms with Crippen LogP contribution in [0.25, 0.3) is 0 Å². The third-order valence-electron chi connectivity index (χ3n) is 2.89. The van der Waals surface area contributed by atoms with Crippen molar-refractivity contribution in [2.75, 3.05) is 11.9 Å². The summed E-state index contributed by atoms with van der Waals surface area (Å²) in [5, 5.41) is 9.57. The maximum atomic E-state index is 10.8. The molecule has 0 aliphatic rings. The van der Waals surface area contributed by atoms with Crippen LogP contribution in [0.3, 0.4) is 0 Å². The molecule has 0 aliphatic carbocycles. The van der Waals surface area contributed by atoms with E-state index in [9.17, 15) is 4.79 Å².